The fourth-order valence-corrected chi connectivity index (χ4v) is 4.43. The van der Waals surface area contributed by atoms with E-state index >= 15 is 0 Å². The third-order valence-electron chi connectivity index (χ3n) is 5.80. The molecular weight excluding hydrogens is 472 g/mol. The summed E-state index contributed by atoms with van der Waals surface area (Å²) in [6, 6.07) is 8.52. The van der Waals surface area contributed by atoms with Crippen LogP contribution in [0, 0.1) is 5.92 Å². The molecule has 0 bridgehead atoms. The van der Waals surface area contributed by atoms with E-state index in [2.05, 4.69) is 40.2 Å². The Balaban J connectivity index is 1.62. The summed E-state index contributed by atoms with van der Waals surface area (Å²) in [6.45, 7) is 13.3. The Bertz CT molecular complexity index is 805. The molecule has 178 valence electrons. The first kappa shape index (κ1) is 24.9. The number of benzene rings is 1. The first-order valence-electron chi connectivity index (χ1n) is 11.6. The summed E-state index contributed by atoms with van der Waals surface area (Å²) in [7, 11) is 0. The molecule has 1 aliphatic carbocycles. The van der Waals surface area contributed by atoms with Gasteiger partial charge in [0.2, 0.25) is 0 Å². The second-order valence-corrected chi connectivity index (χ2v) is 11.9. The normalized spacial score (nSPS) is 21.8. The lowest BCUT2D eigenvalue weighted by Gasteiger charge is -2.36. The van der Waals surface area contributed by atoms with Gasteiger partial charge in [-0.25, -0.2) is 9.59 Å². The van der Waals surface area contributed by atoms with Crippen molar-refractivity contribution in [3.05, 3.63) is 34.3 Å². The molecule has 1 saturated heterocycles. The molecule has 6 nitrogen and oxygen atoms in total. The summed E-state index contributed by atoms with van der Waals surface area (Å²) in [6.07, 6.45) is 2.18. The van der Waals surface area contributed by atoms with E-state index in [1.54, 1.807) is 4.90 Å². The number of carbonyl (C=O) groups excluding carboxylic acids is 2. The van der Waals surface area contributed by atoms with Gasteiger partial charge < -0.3 is 19.3 Å². The molecule has 1 aliphatic heterocycles. The molecule has 0 aromatic heterocycles. The molecular formula is C25H37BrN2O4. The standard InChI is InChI=1S/C25H37BrN2O4/c1-24(2,3)31-22(29)27-13-11-17(12-14-27)16-28(23(30)32-25(4,5)6)21-15-20(21)18-7-9-19(26)10-8-18/h7-10,17,20-21H,11-16H2,1-6H3/t20?,21-/m0/s1. The van der Waals surface area contributed by atoms with Crippen LogP contribution in [0.1, 0.15) is 72.3 Å². The van der Waals surface area contributed by atoms with Crippen LogP contribution in [0.4, 0.5) is 9.59 Å². The average molecular weight is 509 g/mol. The summed E-state index contributed by atoms with van der Waals surface area (Å²) in [4.78, 5) is 29.2. The molecule has 3 rings (SSSR count). The van der Waals surface area contributed by atoms with E-state index in [1.165, 1.54) is 5.56 Å². The van der Waals surface area contributed by atoms with Crippen LogP contribution in [0.2, 0.25) is 0 Å². The van der Waals surface area contributed by atoms with E-state index < -0.39 is 11.2 Å². The number of halogens is 1. The van der Waals surface area contributed by atoms with Crippen LogP contribution in [0.5, 0.6) is 0 Å². The number of ether oxygens (including phenoxy) is 2. The van der Waals surface area contributed by atoms with Crippen LogP contribution >= 0.6 is 15.9 Å². The van der Waals surface area contributed by atoms with E-state index in [-0.39, 0.29) is 18.2 Å². The Kier molecular flexibility index (Phi) is 7.48. The van der Waals surface area contributed by atoms with Crippen molar-refractivity contribution in [2.45, 2.75) is 84.0 Å². The SMILES string of the molecule is CC(C)(C)OC(=O)N1CCC(CN(C(=O)OC(C)(C)C)[C@H]2CC2c2ccc(Br)cc2)CC1. The minimum absolute atomic E-state index is 0.162. The molecule has 2 amide bonds. The Labute approximate surface area is 200 Å². The molecule has 0 N–H and O–H groups in total. The third-order valence-corrected chi connectivity index (χ3v) is 6.33. The molecule has 7 heteroatoms. The molecule has 2 fully saturated rings. The number of amides is 2. The fraction of sp³-hybridized carbons (Fsp3) is 0.680. The monoisotopic (exact) mass is 508 g/mol. The van der Waals surface area contributed by atoms with Gasteiger partial charge >= 0.3 is 12.2 Å². The topological polar surface area (TPSA) is 59.1 Å². The lowest BCUT2D eigenvalue weighted by molar-refractivity contribution is 0.00849. The zero-order chi connectivity index (χ0) is 23.7. The summed E-state index contributed by atoms with van der Waals surface area (Å²) >= 11 is 3.49. The minimum Gasteiger partial charge on any atom is -0.444 e. The molecule has 2 aliphatic rings. The maximum atomic E-state index is 13.1. The zero-order valence-corrected chi connectivity index (χ0v) is 21.8. The molecule has 1 aromatic rings. The summed E-state index contributed by atoms with van der Waals surface area (Å²) in [5.41, 5.74) is 0.235. The smallest absolute Gasteiger partial charge is 0.410 e. The van der Waals surface area contributed by atoms with Crippen LogP contribution in [-0.4, -0.2) is 58.9 Å². The molecule has 1 heterocycles. The maximum Gasteiger partial charge on any atom is 0.410 e. The lowest BCUT2D eigenvalue weighted by Crippen LogP contribution is -2.46. The van der Waals surface area contributed by atoms with Crippen molar-refractivity contribution < 1.29 is 19.1 Å². The molecule has 1 unspecified atom stereocenters. The van der Waals surface area contributed by atoms with Gasteiger partial charge in [-0.3, -0.25) is 0 Å². The molecule has 2 atom stereocenters. The first-order chi connectivity index (χ1) is 14.8. The largest absolute Gasteiger partial charge is 0.444 e. The van der Waals surface area contributed by atoms with E-state index in [0.717, 1.165) is 23.7 Å². The fourth-order valence-electron chi connectivity index (χ4n) is 4.16. The number of piperidine rings is 1. The van der Waals surface area contributed by atoms with Gasteiger partial charge in [-0.1, -0.05) is 28.1 Å². The predicted molar refractivity (Wildman–Crippen MR) is 129 cm³/mol. The van der Waals surface area contributed by atoms with Gasteiger partial charge in [0.05, 0.1) is 0 Å². The van der Waals surface area contributed by atoms with Gasteiger partial charge in [-0.15, -0.1) is 0 Å². The predicted octanol–water partition coefficient (Wildman–Crippen LogP) is 6.19. The van der Waals surface area contributed by atoms with Crippen LogP contribution in [0.3, 0.4) is 0 Å². The highest BCUT2D eigenvalue weighted by molar-refractivity contribution is 9.10. The van der Waals surface area contributed by atoms with E-state index in [0.29, 0.717) is 31.5 Å². The molecule has 1 saturated carbocycles. The van der Waals surface area contributed by atoms with Crippen LogP contribution < -0.4 is 0 Å². The van der Waals surface area contributed by atoms with Gasteiger partial charge in [0.25, 0.3) is 0 Å². The average Bonchev–Trinajstić information content (AvgIpc) is 3.44. The van der Waals surface area contributed by atoms with Crippen molar-refractivity contribution in [1.82, 2.24) is 9.80 Å². The first-order valence-corrected chi connectivity index (χ1v) is 12.3. The van der Waals surface area contributed by atoms with Crippen molar-refractivity contribution in [1.29, 1.82) is 0 Å². The van der Waals surface area contributed by atoms with Crippen molar-refractivity contribution in [2.24, 2.45) is 5.92 Å². The van der Waals surface area contributed by atoms with Gasteiger partial charge in [0.1, 0.15) is 11.2 Å². The Morgan fingerprint density at radius 1 is 1.00 bits per heavy atom. The van der Waals surface area contributed by atoms with Crippen LogP contribution in [0.15, 0.2) is 28.7 Å². The van der Waals surface area contributed by atoms with Crippen LogP contribution in [0.25, 0.3) is 0 Å². The van der Waals surface area contributed by atoms with Gasteiger partial charge in [-0.05, 0) is 84.4 Å². The van der Waals surface area contributed by atoms with Crippen LogP contribution in [-0.2, 0) is 9.47 Å². The highest BCUT2D eigenvalue weighted by Crippen LogP contribution is 2.46. The number of hydrogen-bond donors (Lipinski definition) is 0. The molecule has 1 aromatic carbocycles. The molecule has 0 spiro atoms. The Hall–Kier alpha value is -1.76. The summed E-state index contributed by atoms with van der Waals surface area (Å²) in [5, 5.41) is 0. The van der Waals surface area contributed by atoms with Gasteiger partial charge in [-0.2, -0.15) is 0 Å². The highest BCUT2D eigenvalue weighted by Gasteiger charge is 2.46. The minimum atomic E-state index is -0.530. The second-order valence-electron chi connectivity index (χ2n) is 11.0. The number of likely N-dealkylation sites (tertiary alicyclic amines) is 1. The quantitative estimate of drug-likeness (QED) is 0.486. The highest BCUT2D eigenvalue weighted by atomic mass is 79.9. The molecule has 0 radical (unpaired) electrons. The zero-order valence-electron chi connectivity index (χ0n) is 20.2. The van der Waals surface area contributed by atoms with Crippen molar-refractivity contribution in [3.63, 3.8) is 0 Å². The van der Waals surface area contributed by atoms with E-state index in [9.17, 15) is 9.59 Å². The van der Waals surface area contributed by atoms with E-state index in [1.807, 2.05) is 46.4 Å². The Morgan fingerprint density at radius 2 is 1.56 bits per heavy atom. The molecule has 32 heavy (non-hydrogen) atoms. The maximum absolute atomic E-state index is 13.1. The van der Waals surface area contributed by atoms with Gasteiger partial charge in [0.15, 0.2) is 0 Å². The number of carbonyl (C=O) groups is 2. The Morgan fingerprint density at radius 3 is 2.09 bits per heavy atom. The summed E-state index contributed by atoms with van der Waals surface area (Å²) < 4.78 is 12.3. The van der Waals surface area contributed by atoms with Crippen molar-refractivity contribution in [2.75, 3.05) is 19.6 Å². The lowest BCUT2D eigenvalue weighted by atomic mass is 9.96. The van der Waals surface area contributed by atoms with E-state index in [4.69, 9.17) is 9.47 Å². The second kappa shape index (κ2) is 9.62. The third kappa shape index (κ3) is 7.12. The van der Waals surface area contributed by atoms with Gasteiger partial charge in [0, 0.05) is 36.1 Å². The number of nitrogens with zero attached hydrogens (tertiary/aromatic N) is 2. The number of rotatable bonds is 4. The van der Waals surface area contributed by atoms with Crippen molar-refractivity contribution >= 4 is 28.1 Å². The number of hydrogen-bond acceptors (Lipinski definition) is 4. The summed E-state index contributed by atoms with van der Waals surface area (Å²) in [5.74, 6) is 0.685. The van der Waals surface area contributed by atoms with Crippen molar-refractivity contribution in [3.8, 4) is 0 Å².